The molecule has 1 aromatic heterocycles. The Labute approximate surface area is 346 Å². The molecular weight excluding hydrogens is 731 g/mol. The van der Waals surface area contributed by atoms with E-state index in [9.17, 15) is 0 Å². The smallest absolute Gasteiger partial charge is 0.0726 e. The number of benzene rings is 10. The van der Waals surface area contributed by atoms with Crippen LogP contribution in [0.1, 0.15) is 22.3 Å². The Kier molecular flexibility index (Phi) is 6.87. The molecule has 274 valence electrons. The van der Waals surface area contributed by atoms with Crippen molar-refractivity contribution in [3.63, 3.8) is 0 Å². The van der Waals surface area contributed by atoms with Gasteiger partial charge >= 0.3 is 0 Å². The largest absolute Gasteiger partial charge is 0.310 e. The zero-order chi connectivity index (χ0) is 38.7. The summed E-state index contributed by atoms with van der Waals surface area (Å²) in [5, 5.41) is 7.66. The van der Waals surface area contributed by atoms with Gasteiger partial charge in [0.25, 0.3) is 0 Å². The van der Waals surface area contributed by atoms with Crippen LogP contribution >= 0.6 is 11.3 Å². The third-order valence-corrected chi connectivity index (χ3v) is 14.2. The fraction of sp³-hybridized carbons (Fsp3) is 0.0175. The van der Waals surface area contributed by atoms with Gasteiger partial charge in [-0.15, -0.1) is 11.3 Å². The van der Waals surface area contributed by atoms with Crippen LogP contribution in [0.25, 0.3) is 75.1 Å². The van der Waals surface area contributed by atoms with E-state index in [0.29, 0.717) is 0 Å². The molecule has 0 saturated carbocycles. The second kappa shape index (κ2) is 12.4. The summed E-state index contributed by atoms with van der Waals surface area (Å²) in [6.45, 7) is 0. The lowest BCUT2D eigenvalue weighted by atomic mass is 9.61. The van der Waals surface area contributed by atoms with Gasteiger partial charge in [0.2, 0.25) is 0 Å². The molecule has 0 bridgehead atoms. The van der Waals surface area contributed by atoms with Crippen molar-refractivity contribution < 1.29 is 0 Å². The molecular formula is C57H35NS. The normalized spacial score (nSPS) is 14.8. The van der Waals surface area contributed by atoms with E-state index in [1.165, 1.54) is 97.4 Å². The van der Waals surface area contributed by atoms with Crippen molar-refractivity contribution in [2.24, 2.45) is 0 Å². The topological polar surface area (TPSA) is 3.24 Å². The van der Waals surface area contributed by atoms with Gasteiger partial charge in [-0.25, -0.2) is 0 Å². The minimum absolute atomic E-state index is 0.543. The van der Waals surface area contributed by atoms with Crippen LogP contribution in [-0.4, -0.2) is 0 Å². The number of thiophene rings is 1. The van der Waals surface area contributed by atoms with Gasteiger partial charge in [0.05, 0.1) is 11.1 Å². The first kappa shape index (κ1) is 32.8. The van der Waals surface area contributed by atoms with Crippen molar-refractivity contribution in [2.75, 3.05) is 4.90 Å². The van der Waals surface area contributed by atoms with Crippen LogP contribution in [0.5, 0.6) is 0 Å². The molecule has 11 aromatic rings. The highest BCUT2D eigenvalue weighted by Crippen LogP contribution is 2.63. The van der Waals surface area contributed by atoms with Crippen molar-refractivity contribution in [3.05, 3.63) is 235 Å². The van der Waals surface area contributed by atoms with Crippen LogP contribution in [0, 0.1) is 0 Å². The molecule has 1 nitrogen and oxygen atoms in total. The molecule has 0 saturated heterocycles. The van der Waals surface area contributed by atoms with Gasteiger partial charge in [0, 0.05) is 36.9 Å². The summed E-state index contributed by atoms with van der Waals surface area (Å²) < 4.78 is 2.62. The minimum Gasteiger partial charge on any atom is -0.310 e. The Morgan fingerprint density at radius 2 is 0.915 bits per heavy atom. The van der Waals surface area contributed by atoms with Crippen LogP contribution in [-0.2, 0) is 5.41 Å². The van der Waals surface area contributed by atoms with E-state index < -0.39 is 5.41 Å². The molecule has 1 heterocycles. The second-order valence-corrected chi connectivity index (χ2v) is 17.0. The highest BCUT2D eigenvalue weighted by molar-refractivity contribution is 7.25. The fourth-order valence-electron chi connectivity index (χ4n) is 10.7. The van der Waals surface area contributed by atoms with Crippen LogP contribution in [0.4, 0.5) is 17.1 Å². The number of hydrogen-bond donors (Lipinski definition) is 0. The lowest BCUT2D eigenvalue weighted by molar-refractivity contribution is 0.773. The summed E-state index contributed by atoms with van der Waals surface area (Å²) in [4.78, 5) is 2.50. The third kappa shape index (κ3) is 4.50. The molecule has 1 spiro atoms. The highest BCUT2D eigenvalue weighted by Gasteiger charge is 2.50. The number of nitrogens with zero attached hydrogens (tertiary/aromatic N) is 1. The van der Waals surface area contributed by atoms with Crippen LogP contribution in [0.2, 0.25) is 0 Å². The molecule has 0 aliphatic heterocycles. The van der Waals surface area contributed by atoms with E-state index in [0.717, 1.165) is 17.1 Å². The molecule has 1 atom stereocenters. The van der Waals surface area contributed by atoms with Crippen molar-refractivity contribution in [1.29, 1.82) is 0 Å². The van der Waals surface area contributed by atoms with E-state index in [1.807, 2.05) is 11.3 Å². The predicted octanol–water partition coefficient (Wildman–Crippen LogP) is 15.8. The molecule has 10 aromatic carbocycles. The summed E-state index contributed by atoms with van der Waals surface area (Å²) in [6, 6.07) is 79.5. The maximum Gasteiger partial charge on any atom is 0.0726 e. The summed E-state index contributed by atoms with van der Waals surface area (Å²) in [5.41, 5.74) is 15.9. The quantitative estimate of drug-likeness (QED) is 0.172. The standard InChI is InChI=1S/C57H35NS/c1-2-14-36(15-3-1)40-31-32-47-43-20-7-10-24-50(43)57(51-25-13-22-46(40)56(47)51)49-23-9-6-19-42(49)44-30-28-39(35-52(44)57)58(53-26-12-17-37-16-4-5-18-41(37)53)38-29-33-55-48(34-38)45-21-8-11-27-54(45)59-55/h1-35H. The lowest BCUT2D eigenvalue weighted by Crippen LogP contribution is -2.32. The molecule has 13 rings (SSSR count). The van der Waals surface area contributed by atoms with Crippen molar-refractivity contribution >= 4 is 70.1 Å². The number of hydrogen-bond acceptors (Lipinski definition) is 2. The number of anilines is 3. The first-order valence-corrected chi connectivity index (χ1v) is 21.2. The van der Waals surface area contributed by atoms with E-state index >= 15 is 0 Å². The molecule has 2 aliphatic rings. The molecule has 1 unspecified atom stereocenters. The van der Waals surface area contributed by atoms with Crippen molar-refractivity contribution in [3.8, 4) is 33.4 Å². The Balaban J connectivity index is 1.13. The monoisotopic (exact) mass is 765 g/mol. The van der Waals surface area contributed by atoms with Gasteiger partial charge in [0.15, 0.2) is 0 Å². The molecule has 59 heavy (non-hydrogen) atoms. The maximum atomic E-state index is 2.52. The summed E-state index contributed by atoms with van der Waals surface area (Å²) in [5.74, 6) is 0. The molecule has 0 fully saturated rings. The first-order chi connectivity index (χ1) is 29.3. The molecule has 0 N–H and O–H groups in total. The van der Waals surface area contributed by atoms with Gasteiger partial charge < -0.3 is 4.90 Å². The van der Waals surface area contributed by atoms with Crippen LogP contribution in [0.15, 0.2) is 212 Å². The van der Waals surface area contributed by atoms with Gasteiger partial charge in [-0.2, -0.15) is 0 Å². The first-order valence-electron chi connectivity index (χ1n) is 20.4. The second-order valence-electron chi connectivity index (χ2n) is 15.9. The van der Waals surface area contributed by atoms with Gasteiger partial charge in [-0.1, -0.05) is 170 Å². The van der Waals surface area contributed by atoms with Crippen LogP contribution < -0.4 is 4.90 Å². The van der Waals surface area contributed by atoms with Crippen molar-refractivity contribution in [2.45, 2.75) is 5.41 Å². The summed E-state index contributed by atoms with van der Waals surface area (Å²) >= 11 is 1.87. The highest BCUT2D eigenvalue weighted by atomic mass is 32.1. The SMILES string of the molecule is c1ccc(-c2ccc3c4c(cccc24)C2(c4ccccc4-c4ccc(N(c5ccc6sc7ccccc7c6c5)c5cccc6ccccc56)cc42)c2ccccc2-3)cc1. The summed E-state index contributed by atoms with van der Waals surface area (Å²) in [6.07, 6.45) is 0. The lowest BCUT2D eigenvalue weighted by Gasteiger charge is -2.40. The zero-order valence-corrected chi connectivity index (χ0v) is 32.9. The van der Waals surface area contributed by atoms with Gasteiger partial charge in [-0.3, -0.25) is 0 Å². The Bertz CT molecular complexity index is 3520. The van der Waals surface area contributed by atoms with Crippen LogP contribution in [0.3, 0.4) is 0 Å². The Hall–Kier alpha value is -7.26. The predicted molar refractivity (Wildman–Crippen MR) is 251 cm³/mol. The summed E-state index contributed by atoms with van der Waals surface area (Å²) in [7, 11) is 0. The van der Waals surface area contributed by atoms with Gasteiger partial charge in [0.1, 0.15) is 0 Å². The number of rotatable bonds is 4. The molecule has 2 heteroatoms. The zero-order valence-electron chi connectivity index (χ0n) is 32.1. The average molecular weight is 766 g/mol. The van der Waals surface area contributed by atoms with E-state index in [1.54, 1.807) is 0 Å². The minimum atomic E-state index is -0.543. The van der Waals surface area contributed by atoms with E-state index in [2.05, 4.69) is 217 Å². The average Bonchev–Trinajstić information content (AvgIpc) is 3.82. The van der Waals surface area contributed by atoms with Gasteiger partial charge in [-0.05, 0) is 114 Å². The Morgan fingerprint density at radius 3 is 1.78 bits per heavy atom. The Morgan fingerprint density at radius 1 is 0.339 bits per heavy atom. The molecule has 2 aliphatic carbocycles. The third-order valence-electron chi connectivity index (χ3n) is 13.1. The number of fused-ring (bicyclic) bond motifs is 13. The van der Waals surface area contributed by atoms with E-state index in [-0.39, 0.29) is 0 Å². The van der Waals surface area contributed by atoms with E-state index in [4.69, 9.17) is 0 Å². The fourth-order valence-corrected chi connectivity index (χ4v) is 11.8. The van der Waals surface area contributed by atoms with Crippen molar-refractivity contribution in [1.82, 2.24) is 0 Å². The molecule has 0 amide bonds. The molecule has 0 radical (unpaired) electrons. The maximum absolute atomic E-state index is 2.52.